The molecule has 162 valence electrons. The van der Waals surface area contributed by atoms with Crippen molar-refractivity contribution in [3.05, 3.63) is 88.7 Å². The van der Waals surface area contributed by atoms with Crippen molar-refractivity contribution in [2.75, 3.05) is 5.32 Å². The number of benzene rings is 2. The van der Waals surface area contributed by atoms with Crippen LogP contribution in [0.25, 0.3) is 0 Å². The molecule has 5 heteroatoms. The van der Waals surface area contributed by atoms with Gasteiger partial charge in [-0.1, -0.05) is 56.6 Å². The third kappa shape index (κ3) is 4.96. The van der Waals surface area contributed by atoms with Crippen molar-refractivity contribution in [3.8, 4) is 0 Å². The summed E-state index contributed by atoms with van der Waals surface area (Å²) in [6.45, 7) is 7.65. The van der Waals surface area contributed by atoms with Crippen LogP contribution in [0.1, 0.15) is 56.4 Å². The highest BCUT2D eigenvalue weighted by molar-refractivity contribution is 6.30. The third-order valence-corrected chi connectivity index (χ3v) is 6.31. The summed E-state index contributed by atoms with van der Waals surface area (Å²) in [7, 11) is 0. The molecule has 2 aromatic carbocycles. The predicted molar refractivity (Wildman–Crippen MR) is 128 cm³/mol. The topological polar surface area (TPSA) is 46.1 Å². The van der Waals surface area contributed by atoms with Crippen LogP contribution in [0, 0.1) is 0 Å². The average molecular weight is 436 g/mol. The molecule has 0 saturated carbocycles. The highest BCUT2D eigenvalue weighted by Gasteiger charge is 2.31. The Balaban J connectivity index is 1.60. The van der Waals surface area contributed by atoms with Gasteiger partial charge in [-0.05, 0) is 65.8 Å². The number of carbonyl (C=O) groups excluding carboxylic acids is 1. The van der Waals surface area contributed by atoms with Crippen molar-refractivity contribution < 1.29 is 4.79 Å². The SMILES string of the molecule is CC(C)(C)c1ccc(C2c3cccn3CCCC2NC(=O)Nc2ccc(Cl)cc2)cc1. The van der Waals surface area contributed by atoms with E-state index in [4.69, 9.17) is 11.6 Å². The van der Waals surface area contributed by atoms with Gasteiger partial charge in [0.2, 0.25) is 0 Å². The monoisotopic (exact) mass is 435 g/mol. The molecule has 0 fully saturated rings. The lowest BCUT2D eigenvalue weighted by atomic mass is 9.83. The van der Waals surface area contributed by atoms with E-state index in [1.807, 2.05) is 12.1 Å². The summed E-state index contributed by atoms with van der Waals surface area (Å²) >= 11 is 5.95. The minimum absolute atomic E-state index is 0.00365. The fourth-order valence-electron chi connectivity index (χ4n) is 4.39. The Kier molecular flexibility index (Phi) is 6.10. The number of hydrogen-bond acceptors (Lipinski definition) is 1. The number of amides is 2. The Morgan fingerprint density at radius 1 is 1.03 bits per heavy atom. The van der Waals surface area contributed by atoms with Crippen molar-refractivity contribution in [3.63, 3.8) is 0 Å². The van der Waals surface area contributed by atoms with Gasteiger partial charge in [-0.25, -0.2) is 4.79 Å². The number of urea groups is 1. The van der Waals surface area contributed by atoms with E-state index in [-0.39, 0.29) is 23.4 Å². The Bertz CT molecular complexity index is 1030. The summed E-state index contributed by atoms with van der Waals surface area (Å²) in [4.78, 5) is 12.8. The van der Waals surface area contributed by atoms with E-state index in [0.717, 1.165) is 25.1 Å². The van der Waals surface area contributed by atoms with Gasteiger partial charge in [0, 0.05) is 41.1 Å². The lowest BCUT2D eigenvalue weighted by molar-refractivity contribution is 0.246. The van der Waals surface area contributed by atoms with Crippen LogP contribution in [0.4, 0.5) is 10.5 Å². The van der Waals surface area contributed by atoms with E-state index >= 15 is 0 Å². The number of aryl methyl sites for hydroxylation is 1. The minimum Gasteiger partial charge on any atom is -0.351 e. The van der Waals surface area contributed by atoms with Gasteiger partial charge in [0.15, 0.2) is 0 Å². The van der Waals surface area contributed by atoms with Gasteiger partial charge >= 0.3 is 6.03 Å². The second-order valence-corrected chi connectivity index (χ2v) is 9.77. The standard InChI is InChI=1S/C26H30ClN3O/c1-26(2,3)19-10-8-18(9-11-19)24-22(6-4-16-30-17-5-7-23(24)30)29-25(31)28-21-14-12-20(27)13-15-21/h5,7-15,17,22,24H,4,6,16H2,1-3H3,(H2,28,29,31). The van der Waals surface area contributed by atoms with Gasteiger partial charge in [-0.2, -0.15) is 0 Å². The molecule has 1 aromatic heterocycles. The van der Waals surface area contributed by atoms with Crippen molar-refractivity contribution in [2.24, 2.45) is 0 Å². The average Bonchev–Trinajstić information content (AvgIpc) is 3.11. The fraction of sp³-hybridized carbons (Fsp3) is 0.346. The molecular weight excluding hydrogens is 406 g/mol. The van der Waals surface area contributed by atoms with Crippen LogP contribution in [0.15, 0.2) is 66.9 Å². The number of nitrogens with zero attached hydrogens (tertiary/aromatic N) is 1. The number of anilines is 1. The van der Waals surface area contributed by atoms with Gasteiger partial charge in [-0.15, -0.1) is 0 Å². The Labute approximate surface area is 189 Å². The highest BCUT2D eigenvalue weighted by atomic mass is 35.5. The molecule has 0 aliphatic carbocycles. The maximum Gasteiger partial charge on any atom is 0.319 e. The van der Waals surface area contributed by atoms with Crippen LogP contribution in [-0.4, -0.2) is 16.6 Å². The maximum atomic E-state index is 12.8. The number of aromatic nitrogens is 1. The molecule has 3 aromatic rings. The number of rotatable bonds is 3. The van der Waals surface area contributed by atoms with Crippen LogP contribution < -0.4 is 10.6 Å². The second-order valence-electron chi connectivity index (χ2n) is 9.33. The third-order valence-electron chi connectivity index (χ3n) is 6.05. The highest BCUT2D eigenvalue weighted by Crippen LogP contribution is 2.35. The smallest absolute Gasteiger partial charge is 0.319 e. The van der Waals surface area contributed by atoms with E-state index in [9.17, 15) is 4.79 Å². The number of fused-ring (bicyclic) bond motifs is 1. The molecule has 2 amide bonds. The summed E-state index contributed by atoms with van der Waals surface area (Å²) < 4.78 is 2.32. The number of nitrogens with one attached hydrogen (secondary N) is 2. The zero-order chi connectivity index (χ0) is 22.0. The van der Waals surface area contributed by atoms with Crippen LogP contribution in [-0.2, 0) is 12.0 Å². The van der Waals surface area contributed by atoms with Gasteiger partial charge in [0.1, 0.15) is 0 Å². The quantitative estimate of drug-likeness (QED) is 0.481. The molecule has 31 heavy (non-hydrogen) atoms. The Morgan fingerprint density at radius 3 is 2.42 bits per heavy atom. The Morgan fingerprint density at radius 2 is 1.74 bits per heavy atom. The van der Waals surface area contributed by atoms with Gasteiger partial charge < -0.3 is 15.2 Å². The largest absolute Gasteiger partial charge is 0.351 e. The first-order valence-electron chi connectivity index (χ1n) is 10.9. The second kappa shape index (κ2) is 8.80. The first-order chi connectivity index (χ1) is 14.8. The molecular formula is C26H30ClN3O. The molecule has 2 atom stereocenters. The van der Waals surface area contributed by atoms with E-state index in [0.29, 0.717) is 5.02 Å². The molecule has 0 radical (unpaired) electrons. The maximum absolute atomic E-state index is 12.8. The zero-order valence-corrected chi connectivity index (χ0v) is 19.1. The zero-order valence-electron chi connectivity index (χ0n) is 18.4. The Hall–Kier alpha value is -2.72. The van der Waals surface area contributed by atoms with Crippen LogP contribution in [0.3, 0.4) is 0 Å². The minimum atomic E-state index is -0.191. The van der Waals surface area contributed by atoms with Crippen molar-refractivity contribution >= 4 is 23.3 Å². The summed E-state index contributed by atoms with van der Waals surface area (Å²) in [6, 6.07) is 20.1. The van der Waals surface area contributed by atoms with E-state index in [2.05, 4.69) is 78.6 Å². The van der Waals surface area contributed by atoms with Crippen molar-refractivity contribution in [1.82, 2.24) is 9.88 Å². The molecule has 0 spiro atoms. The summed E-state index contributed by atoms with van der Waals surface area (Å²) in [5, 5.41) is 6.84. The van der Waals surface area contributed by atoms with E-state index in [1.54, 1.807) is 12.1 Å². The number of carbonyl (C=O) groups is 1. The molecule has 4 rings (SSSR count). The first-order valence-corrected chi connectivity index (χ1v) is 11.3. The lowest BCUT2D eigenvalue weighted by Crippen LogP contribution is -2.41. The number of halogens is 1. The van der Waals surface area contributed by atoms with Crippen LogP contribution in [0.2, 0.25) is 5.02 Å². The molecule has 0 bridgehead atoms. The molecule has 1 aliphatic rings. The molecule has 2 heterocycles. The molecule has 4 nitrogen and oxygen atoms in total. The molecule has 0 saturated heterocycles. The number of hydrogen-bond donors (Lipinski definition) is 2. The summed E-state index contributed by atoms with van der Waals surface area (Å²) in [6.07, 6.45) is 4.08. The van der Waals surface area contributed by atoms with Gasteiger partial charge in [-0.3, -0.25) is 0 Å². The summed E-state index contributed by atoms with van der Waals surface area (Å²) in [5.41, 5.74) is 4.62. The van der Waals surface area contributed by atoms with Crippen LogP contribution >= 0.6 is 11.6 Å². The van der Waals surface area contributed by atoms with E-state index in [1.165, 1.54) is 16.8 Å². The van der Waals surface area contributed by atoms with Crippen molar-refractivity contribution in [2.45, 2.75) is 57.5 Å². The molecule has 1 aliphatic heterocycles. The van der Waals surface area contributed by atoms with Crippen LogP contribution in [0.5, 0.6) is 0 Å². The molecule has 2 N–H and O–H groups in total. The van der Waals surface area contributed by atoms with Gasteiger partial charge in [0.25, 0.3) is 0 Å². The fourth-order valence-corrected chi connectivity index (χ4v) is 4.51. The lowest BCUT2D eigenvalue weighted by Gasteiger charge is -2.28. The molecule has 2 unspecified atom stereocenters. The normalized spacial score (nSPS) is 18.7. The summed E-state index contributed by atoms with van der Waals surface area (Å²) in [5.74, 6) is 0.0995. The van der Waals surface area contributed by atoms with Gasteiger partial charge in [0.05, 0.1) is 0 Å². The van der Waals surface area contributed by atoms with E-state index < -0.39 is 0 Å². The van der Waals surface area contributed by atoms with Crippen molar-refractivity contribution in [1.29, 1.82) is 0 Å². The first kappa shape index (κ1) is 21.5. The predicted octanol–water partition coefficient (Wildman–Crippen LogP) is 6.56.